The van der Waals surface area contributed by atoms with Gasteiger partial charge in [0.15, 0.2) is 11.0 Å². The summed E-state index contributed by atoms with van der Waals surface area (Å²) in [5, 5.41) is 3.31. The summed E-state index contributed by atoms with van der Waals surface area (Å²) in [6.45, 7) is 1.79. The van der Waals surface area contributed by atoms with Crippen LogP contribution < -0.4 is 10.1 Å². The van der Waals surface area contributed by atoms with Crippen molar-refractivity contribution in [3.8, 4) is 5.75 Å². The molecular formula is C27H24ClN3O4S. The maximum absolute atomic E-state index is 13.3. The molecule has 1 aliphatic rings. The summed E-state index contributed by atoms with van der Waals surface area (Å²) < 4.78 is 5.20. The van der Waals surface area contributed by atoms with Gasteiger partial charge in [-0.3, -0.25) is 19.3 Å². The van der Waals surface area contributed by atoms with E-state index < -0.39 is 5.25 Å². The van der Waals surface area contributed by atoms with Gasteiger partial charge < -0.3 is 10.1 Å². The van der Waals surface area contributed by atoms with E-state index in [1.54, 1.807) is 60.5 Å². The Hall–Kier alpha value is -3.62. The van der Waals surface area contributed by atoms with Crippen LogP contribution in [-0.4, -0.2) is 40.0 Å². The zero-order valence-electron chi connectivity index (χ0n) is 19.7. The minimum absolute atomic E-state index is 0.0172. The first-order chi connectivity index (χ1) is 17.3. The van der Waals surface area contributed by atoms with Crippen LogP contribution in [0.1, 0.15) is 29.3 Å². The molecule has 0 saturated carbocycles. The van der Waals surface area contributed by atoms with Gasteiger partial charge >= 0.3 is 0 Å². The lowest BCUT2D eigenvalue weighted by molar-refractivity contribution is -0.128. The third-order valence-electron chi connectivity index (χ3n) is 5.52. The van der Waals surface area contributed by atoms with Gasteiger partial charge in [0.2, 0.25) is 11.8 Å². The lowest BCUT2D eigenvalue weighted by Crippen LogP contribution is -2.33. The van der Waals surface area contributed by atoms with E-state index in [2.05, 4.69) is 10.3 Å². The average molecular weight is 522 g/mol. The quantitative estimate of drug-likeness (QED) is 0.383. The first kappa shape index (κ1) is 25.5. The van der Waals surface area contributed by atoms with Gasteiger partial charge in [-0.2, -0.15) is 0 Å². The highest BCUT2D eigenvalue weighted by Gasteiger charge is 2.39. The second-order valence-corrected chi connectivity index (χ2v) is 9.74. The van der Waals surface area contributed by atoms with Gasteiger partial charge in [-0.25, -0.2) is 4.99 Å². The van der Waals surface area contributed by atoms with Crippen LogP contribution in [0.5, 0.6) is 5.75 Å². The molecule has 0 aliphatic carbocycles. The molecule has 0 spiro atoms. The van der Waals surface area contributed by atoms with Gasteiger partial charge in [0.05, 0.1) is 19.3 Å². The molecule has 2 amide bonds. The highest BCUT2D eigenvalue weighted by atomic mass is 35.5. The minimum atomic E-state index is -0.620. The number of amides is 2. The molecule has 9 heteroatoms. The van der Waals surface area contributed by atoms with Crippen LogP contribution in [0.15, 0.2) is 77.8 Å². The maximum Gasteiger partial charge on any atom is 0.242 e. The van der Waals surface area contributed by atoms with Crippen molar-refractivity contribution in [3.05, 3.63) is 88.9 Å². The molecule has 4 rings (SSSR count). The van der Waals surface area contributed by atoms with Crippen molar-refractivity contribution >= 4 is 57.5 Å². The standard InChI is InChI=1S/C27H24ClN3O4S/c1-17(32)19-5-9-21(10-6-19)29-25(33)15-24-26(34)31(16-18-3-7-20(28)8-4-18)27(36-24)30-22-11-13-23(35-2)14-12-22/h3-14,24H,15-16H2,1-2H3,(H,29,33)/t24-/m0/s1. The number of amidine groups is 1. The summed E-state index contributed by atoms with van der Waals surface area (Å²) in [6, 6.07) is 21.1. The fourth-order valence-corrected chi connectivity index (χ4v) is 4.86. The number of hydrogen-bond donors (Lipinski definition) is 1. The predicted molar refractivity (Wildman–Crippen MR) is 143 cm³/mol. The van der Waals surface area contributed by atoms with E-state index in [-0.39, 0.29) is 24.0 Å². The molecule has 1 fully saturated rings. The number of anilines is 1. The number of thioether (sulfide) groups is 1. The van der Waals surface area contributed by atoms with E-state index in [1.807, 2.05) is 24.3 Å². The molecule has 7 nitrogen and oxygen atoms in total. The van der Waals surface area contributed by atoms with Gasteiger partial charge in [0.1, 0.15) is 11.0 Å². The Labute approximate surface area is 218 Å². The van der Waals surface area contributed by atoms with Crippen molar-refractivity contribution < 1.29 is 19.1 Å². The molecule has 36 heavy (non-hydrogen) atoms. The molecule has 0 radical (unpaired) electrons. The van der Waals surface area contributed by atoms with Crippen LogP contribution in [0.3, 0.4) is 0 Å². The summed E-state index contributed by atoms with van der Waals surface area (Å²) in [4.78, 5) is 43.8. The molecule has 1 N–H and O–H groups in total. The molecule has 184 valence electrons. The Kier molecular flexibility index (Phi) is 8.07. The summed E-state index contributed by atoms with van der Waals surface area (Å²) in [6.07, 6.45) is -0.0172. The summed E-state index contributed by atoms with van der Waals surface area (Å²) >= 11 is 7.27. The van der Waals surface area contributed by atoms with Crippen LogP contribution in [0.2, 0.25) is 5.02 Å². The Morgan fingerprint density at radius 2 is 1.69 bits per heavy atom. The first-order valence-corrected chi connectivity index (χ1v) is 12.4. The van der Waals surface area contributed by atoms with Crippen LogP contribution in [0, 0.1) is 0 Å². The lowest BCUT2D eigenvalue weighted by Gasteiger charge is -2.17. The zero-order valence-corrected chi connectivity index (χ0v) is 21.3. The van der Waals surface area contributed by atoms with Crippen molar-refractivity contribution in [3.63, 3.8) is 0 Å². The molecular weight excluding hydrogens is 498 g/mol. The number of nitrogens with one attached hydrogen (secondary N) is 1. The molecule has 1 heterocycles. The molecule has 1 aliphatic heterocycles. The predicted octanol–water partition coefficient (Wildman–Crippen LogP) is 5.71. The van der Waals surface area contributed by atoms with Crippen molar-refractivity contribution in [2.45, 2.75) is 25.1 Å². The second-order valence-electron chi connectivity index (χ2n) is 8.14. The van der Waals surface area contributed by atoms with Crippen LogP contribution in [0.25, 0.3) is 0 Å². The normalized spacial score (nSPS) is 16.3. The number of benzene rings is 3. The minimum Gasteiger partial charge on any atom is -0.497 e. The fraction of sp³-hybridized carbons (Fsp3) is 0.185. The number of hydrogen-bond acceptors (Lipinski definition) is 6. The van der Waals surface area contributed by atoms with E-state index in [0.717, 1.165) is 5.56 Å². The van der Waals surface area contributed by atoms with Gasteiger partial charge in [-0.05, 0) is 73.2 Å². The van der Waals surface area contributed by atoms with Gasteiger partial charge in [0.25, 0.3) is 0 Å². The van der Waals surface area contributed by atoms with Gasteiger partial charge in [0, 0.05) is 22.7 Å². The summed E-state index contributed by atoms with van der Waals surface area (Å²) in [5.74, 6) is 0.168. The second kappa shape index (κ2) is 11.4. The SMILES string of the molecule is COc1ccc(N=C2S[C@@H](CC(=O)Nc3ccc(C(C)=O)cc3)C(=O)N2Cc2ccc(Cl)cc2)cc1. The number of ether oxygens (including phenoxy) is 1. The number of rotatable bonds is 8. The van der Waals surface area contributed by atoms with E-state index in [4.69, 9.17) is 16.3 Å². The number of methoxy groups -OCH3 is 1. The Morgan fingerprint density at radius 3 is 2.31 bits per heavy atom. The summed E-state index contributed by atoms with van der Waals surface area (Å²) in [7, 11) is 1.59. The number of ketones is 1. The largest absolute Gasteiger partial charge is 0.497 e. The smallest absolute Gasteiger partial charge is 0.242 e. The van der Waals surface area contributed by atoms with E-state index in [1.165, 1.54) is 18.7 Å². The average Bonchev–Trinajstić information content (AvgIpc) is 3.14. The van der Waals surface area contributed by atoms with Crippen molar-refractivity contribution in [1.82, 2.24) is 4.90 Å². The van der Waals surface area contributed by atoms with Gasteiger partial charge in [-0.15, -0.1) is 0 Å². The van der Waals surface area contributed by atoms with E-state index in [9.17, 15) is 14.4 Å². The molecule has 1 saturated heterocycles. The van der Waals surface area contributed by atoms with Crippen molar-refractivity contribution in [1.29, 1.82) is 0 Å². The first-order valence-electron chi connectivity index (χ1n) is 11.2. The molecule has 1 atom stereocenters. The molecule has 0 unspecified atom stereocenters. The van der Waals surface area contributed by atoms with Gasteiger partial charge in [-0.1, -0.05) is 35.5 Å². The lowest BCUT2D eigenvalue weighted by atomic mass is 10.1. The van der Waals surface area contributed by atoms with E-state index >= 15 is 0 Å². The number of aliphatic imine (C=N–C) groups is 1. The maximum atomic E-state index is 13.3. The van der Waals surface area contributed by atoms with Crippen molar-refractivity contribution in [2.75, 3.05) is 12.4 Å². The Morgan fingerprint density at radius 1 is 1.03 bits per heavy atom. The fourth-order valence-electron chi connectivity index (χ4n) is 3.58. The summed E-state index contributed by atoms with van der Waals surface area (Å²) in [5.41, 5.74) is 2.69. The Balaban J connectivity index is 1.52. The number of carbonyl (C=O) groups excluding carboxylic acids is 3. The Bertz CT molecular complexity index is 1290. The third kappa shape index (κ3) is 6.33. The third-order valence-corrected chi connectivity index (χ3v) is 6.94. The van der Waals surface area contributed by atoms with E-state index in [0.29, 0.717) is 39.4 Å². The molecule has 3 aromatic rings. The highest BCUT2D eigenvalue weighted by Crippen LogP contribution is 2.33. The molecule has 3 aromatic carbocycles. The number of nitrogens with zero attached hydrogens (tertiary/aromatic N) is 2. The van der Waals surface area contributed by atoms with Crippen LogP contribution in [0.4, 0.5) is 11.4 Å². The molecule has 0 aromatic heterocycles. The number of halogens is 1. The van der Waals surface area contributed by atoms with Crippen LogP contribution in [-0.2, 0) is 16.1 Å². The number of carbonyl (C=O) groups is 3. The van der Waals surface area contributed by atoms with Crippen LogP contribution >= 0.6 is 23.4 Å². The number of Topliss-reactive ketones (excluding diaryl/α,β-unsaturated/α-hetero) is 1. The zero-order chi connectivity index (χ0) is 25.7. The topological polar surface area (TPSA) is 88.1 Å². The highest BCUT2D eigenvalue weighted by molar-refractivity contribution is 8.15. The monoisotopic (exact) mass is 521 g/mol. The molecule has 0 bridgehead atoms. The van der Waals surface area contributed by atoms with Crippen molar-refractivity contribution in [2.24, 2.45) is 4.99 Å².